The number of likely N-dealkylation sites (tertiary alicyclic amines) is 2. The molecule has 0 radical (unpaired) electrons. The highest BCUT2D eigenvalue weighted by Crippen LogP contribution is 2.42. The van der Waals surface area contributed by atoms with Gasteiger partial charge in [-0.2, -0.15) is 5.10 Å². The highest BCUT2D eigenvalue weighted by molar-refractivity contribution is 6.39. The quantitative estimate of drug-likeness (QED) is 0.127. The fourth-order valence-corrected chi connectivity index (χ4v) is 8.19. The first kappa shape index (κ1) is 35.0. The molecule has 0 spiro atoms. The normalized spacial score (nSPS) is 19.8. The van der Waals surface area contributed by atoms with Crippen molar-refractivity contribution in [3.8, 4) is 11.1 Å². The molecule has 3 aliphatic heterocycles. The number of β-amino-alcohol motifs (C(OH)–C–C–N with tert-alkyl or cyclic N) is 1. The number of benzene rings is 2. The molecule has 2 fully saturated rings. The number of rotatable bonds is 9. The van der Waals surface area contributed by atoms with E-state index in [-0.39, 0.29) is 24.0 Å². The fourth-order valence-electron chi connectivity index (χ4n) is 7.64. The predicted molar refractivity (Wildman–Crippen MR) is 204 cm³/mol. The smallest absolute Gasteiger partial charge is 0.276 e. The lowest BCUT2D eigenvalue weighted by atomic mass is 9.82. The van der Waals surface area contributed by atoms with Gasteiger partial charge in [-0.05, 0) is 69.0 Å². The van der Waals surface area contributed by atoms with Crippen LogP contribution >= 0.6 is 23.2 Å². The Bertz CT molecular complexity index is 2140. The molecule has 2 aromatic carbocycles. The first-order valence-corrected chi connectivity index (χ1v) is 18.6. The Morgan fingerprint density at radius 3 is 2.44 bits per heavy atom. The van der Waals surface area contributed by atoms with Crippen LogP contribution in [-0.4, -0.2) is 83.6 Å². The second-order valence-corrected chi connectivity index (χ2v) is 15.6. The van der Waals surface area contributed by atoms with Gasteiger partial charge in [0, 0.05) is 74.1 Å². The highest BCUT2D eigenvalue weighted by atomic mass is 35.5. The van der Waals surface area contributed by atoms with E-state index in [1.807, 2.05) is 67.2 Å². The summed E-state index contributed by atoms with van der Waals surface area (Å²) in [4.78, 5) is 27.5. The number of anilines is 3. The molecule has 52 heavy (non-hydrogen) atoms. The average Bonchev–Trinajstić information content (AvgIpc) is 3.72. The van der Waals surface area contributed by atoms with E-state index in [9.17, 15) is 15.0 Å². The molecule has 13 heteroatoms. The topological polar surface area (TPSA) is 132 Å². The number of fused-ring (bicyclic) bond motifs is 2. The monoisotopic (exact) mass is 740 g/mol. The van der Waals surface area contributed by atoms with Crippen LogP contribution in [0.4, 0.5) is 17.2 Å². The highest BCUT2D eigenvalue weighted by Gasteiger charge is 2.42. The molecule has 4 N–H and O–H groups in total. The summed E-state index contributed by atoms with van der Waals surface area (Å²) in [6.07, 6.45) is 6.10. The third kappa shape index (κ3) is 6.89. The molecule has 0 saturated carbocycles. The van der Waals surface area contributed by atoms with Gasteiger partial charge >= 0.3 is 0 Å². The van der Waals surface area contributed by atoms with E-state index in [1.54, 1.807) is 12.3 Å². The van der Waals surface area contributed by atoms with Crippen LogP contribution in [0.3, 0.4) is 0 Å². The van der Waals surface area contributed by atoms with Crippen molar-refractivity contribution >= 4 is 57.2 Å². The summed E-state index contributed by atoms with van der Waals surface area (Å²) in [5, 5.41) is 33.1. The van der Waals surface area contributed by atoms with Crippen molar-refractivity contribution in [3.05, 3.63) is 94.0 Å². The molecule has 6 heterocycles. The van der Waals surface area contributed by atoms with Crippen LogP contribution in [0.2, 0.25) is 10.0 Å². The lowest BCUT2D eigenvalue weighted by Gasteiger charge is -2.49. The Kier molecular flexibility index (Phi) is 9.44. The lowest BCUT2D eigenvalue weighted by Crippen LogP contribution is -2.57. The van der Waals surface area contributed by atoms with Gasteiger partial charge in [-0.25, -0.2) is 4.98 Å². The van der Waals surface area contributed by atoms with Gasteiger partial charge < -0.3 is 20.8 Å². The minimum absolute atomic E-state index is 0.171. The number of amides is 1. The molecule has 1 amide bonds. The van der Waals surface area contributed by atoms with Gasteiger partial charge in [-0.3, -0.25) is 24.3 Å². The number of halogens is 2. The Balaban J connectivity index is 0.993. The molecule has 8 rings (SSSR count). The Labute approximate surface area is 312 Å². The molecule has 5 aromatic rings. The summed E-state index contributed by atoms with van der Waals surface area (Å²) in [6.45, 7) is 8.42. The third-order valence-corrected chi connectivity index (χ3v) is 11.5. The number of hydrogen-bond acceptors (Lipinski definition) is 9. The standard InChI is InChI=1S/C39H42Cl2N8O3/c1-39(2,52)25-20-48(21-25)32-10-5-14-49-33(32)17-31(46-49)38(51)45-30-9-4-7-28(35(30)41)27-6-3-8-29(34(27)40)44-37-36-24(11-13-42-37)16-23(18-43-36)19-47-15-12-26(50)22-47/h3-4,6-9,11,13,16-18,25-26,32,50,52H,5,10,12,14-15,19-22H2,1-2H3,(H,42,44)(H,45,51)/t26-,32?/m1/s1. The fraction of sp³-hybridized carbons (Fsp3) is 0.385. The first-order chi connectivity index (χ1) is 25.0. The zero-order chi connectivity index (χ0) is 36.1. The van der Waals surface area contributed by atoms with E-state index in [4.69, 9.17) is 28.2 Å². The summed E-state index contributed by atoms with van der Waals surface area (Å²) >= 11 is 14.0. The summed E-state index contributed by atoms with van der Waals surface area (Å²) in [6, 6.07) is 17.2. The molecule has 11 nitrogen and oxygen atoms in total. The molecular weight excluding hydrogens is 699 g/mol. The largest absolute Gasteiger partial charge is 0.392 e. The van der Waals surface area contributed by atoms with Crippen LogP contribution in [0.1, 0.15) is 60.9 Å². The van der Waals surface area contributed by atoms with Crippen LogP contribution in [0.25, 0.3) is 22.0 Å². The number of carbonyl (C=O) groups is 1. The van der Waals surface area contributed by atoms with Crippen LogP contribution in [0, 0.1) is 5.92 Å². The van der Waals surface area contributed by atoms with Crippen molar-refractivity contribution in [2.24, 2.45) is 5.92 Å². The zero-order valence-electron chi connectivity index (χ0n) is 29.2. The molecule has 1 unspecified atom stereocenters. The van der Waals surface area contributed by atoms with E-state index in [0.29, 0.717) is 56.1 Å². The van der Waals surface area contributed by atoms with E-state index in [0.717, 1.165) is 68.6 Å². The predicted octanol–water partition coefficient (Wildman–Crippen LogP) is 6.90. The SMILES string of the molecule is CC(C)(O)C1CN(C2CCCn3nc(C(=O)Nc4cccc(-c5cccc(Nc6nccc7cc(CN8CC[C@@H](O)C8)cnc67)c5Cl)c4Cl)cc32)C1. The maximum absolute atomic E-state index is 13.6. The summed E-state index contributed by atoms with van der Waals surface area (Å²) in [7, 11) is 0. The minimum Gasteiger partial charge on any atom is -0.392 e. The van der Waals surface area contributed by atoms with Crippen molar-refractivity contribution in [2.75, 3.05) is 36.8 Å². The zero-order valence-corrected chi connectivity index (χ0v) is 30.7. The van der Waals surface area contributed by atoms with E-state index in [1.165, 1.54) is 0 Å². The van der Waals surface area contributed by atoms with Crippen LogP contribution in [0.5, 0.6) is 0 Å². The second kappa shape index (κ2) is 14.0. The first-order valence-electron chi connectivity index (χ1n) is 17.9. The third-order valence-electron chi connectivity index (χ3n) is 10.7. The summed E-state index contributed by atoms with van der Waals surface area (Å²) in [5.41, 5.74) is 4.89. The van der Waals surface area contributed by atoms with Crippen LogP contribution in [0.15, 0.2) is 67.0 Å². The molecule has 0 aliphatic carbocycles. The van der Waals surface area contributed by atoms with Crippen molar-refractivity contribution in [1.82, 2.24) is 29.5 Å². The Hall–Kier alpha value is -4.10. The molecule has 0 bridgehead atoms. The number of carbonyl (C=O) groups excluding carboxylic acids is 1. The number of aryl methyl sites for hydroxylation is 1. The average molecular weight is 742 g/mol. The van der Waals surface area contributed by atoms with Crippen molar-refractivity contribution in [2.45, 2.75) is 63.9 Å². The van der Waals surface area contributed by atoms with Gasteiger partial charge in [0.05, 0.1) is 44.9 Å². The number of pyridine rings is 2. The number of hydrogen-bond donors (Lipinski definition) is 4. The number of nitrogens with one attached hydrogen (secondary N) is 2. The number of aromatic nitrogens is 4. The van der Waals surface area contributed by atoms with Gasteiger partial charge in [-0.1, -0.05) is 47.5 Å². The van der Waals surface area contributed by atoms with Crippen molar-refractivity contribution in [3.63, 3.8) is 0 Å². The van der Waals surface area contributed by atoms with Gasteiger partial charge in [-0.15, -0.1) is 0 Å². The number of aliphatic hydroxyl groups is 2. The summed E-state index contributed by atoms with van der Waals surface area (Å²) < 4.78 is 1.94. The Morgan fingerprint density at radius 1 is 0.962 bits per heavy atom. The maximum Gasteiger partial charge on any atom is 0.276 e. The van der Waals surface area contributed by atoms with E-state index in [2.05, 4.69) is 36.6 Å². The minimum atomic E-state index is -0.706. The molecule has 3 aliphatic rings. The van der Waals surface area contributed by atoms with Crippen molar-refractivity contribution in [1.29, 1.82) is 0 Å². The number of aliphatic hydroxyl groups excluding tert-OH is 1. The van der Waals surface area contributed by atoms with Gasteiger partial charge in [0.2, 0.25) is 0 Å². The molecule has 270 valence electrons. The number of nitrogens with zero attached hydrogens (tertiary/aromatic N) is 6. The molecule has 2 saturated heterocycles. The second-order valence-electron chi connectivity index (χ2n) is 14.8. The van der Waals surface area contributed by atoms with Crippen molar-refractivity contribution < 1.29 is 15.0 Å². The molecular formula is C39H42Cl2N8O3. The van der Waals surface area contributed by atoms with Gasteiger partial charge in [0.25, 0.3) is 5.91 Å². The van der Waals surface area contributed by atoms with Gasteiger partial charge in [0.1, 0.15) is 5.52 Å². The van der Waals surface area contributed by atoms with Crippen LogP contribution < -0.4 is 10.6 Å². The van der Waals surface area contributed by atoms with Gasteiger partial charge in [0.15, 0.2) is 11.5 Å². The maximum atomic E-state index is 13.6. The van der Waals surface area contributed by atoms with E-state index >= 15 is 0 Å². The lowest BCUT2D eigenvalue weighted by molar-refractivity contribution is -0.0816. The molecule has 3 aromatic heterocycles. The van der Waals surface area contributed by atoms with Crippen LogP contribution in [-0.2, 0) is 13.1 Å². The summed E-state index contributed by atoms with van der Waals surface area (Å²) in [5.74, 6) is 0.466. The van der Waals surface area contributed by atoms with E-state index < -0.39 is 5.60 Å². The Morgan fingerprint density at radius 2 is 1.71 bits per heavy atom. The molecule has 2 atom stereocenters.